The Kier molecular flexibility index (Phi) is 5.61. The second kappa shape index (κ2) is 8.49. The molecule has 3 aromatic rings. The number of allylic oxidation sites excluding steroid dienone is 2. The number of rotatable bonds is 5. The van der Waals surface area contributed by atoms with Gasteiger partial charge in [-0.25, -0.2) is 4.98 Å². The van der Waals surface area contributed by atoms with Crippen molar-refractivity contribution in [1.82, 2.24) is 15.3 Å². The van der Waals surface area contributed by atoms with Gasteiger partial charge in [0.2, 0.25) is 0 Å². The molecule has 1 amide bonds. The van der Waals surface area contributed by atoms with E-state index in [-0.39, 0.29) is 11.9 Å². The van der Waals surface area contributed by atoms with E-state index in [0.29, 0.717) is 17.3 Å². The van der Waals surface area contributed by atoms with Crippen molar-refractivity contribution >= 4 is 28.2 Å². The lowest BCUT2D eigenvalue weighted by Crippen LogP contribution is -2.35. The molecule has 0 saturated carbocycles. The Morgan fingerprint density at radius 3 is 2.80 bits per heavy atom. The first-order chi connectivity index (χ1) is 14.5. The summed E-state index contributed by atoms with van der Waals surface area (Å²) in [6.45, 7) is 6.49. The molecule has 1 atom stereocenters. The first-order valence-corrected chi connectivity index (χ1v) is 10.3. The summed E-state index contributed by atoms with van der Waals surface area (Å²) in [4.78, 5) is 21.6. The van der Waals surface area contributed by atoms with Gasteiger partial charge in [0.05, 0.1) is 11.6 Å². The summed E-state index contributed by atoms with van der Waals surface area (Å²) < 4.78 is 0. The zero-order chi connectivity index (χ0) is 21.1. The number of nitrogens with zero attached hydrogens (tertiary/aromatic N) is 2. The van der Waals surface area contributed by atoms with Crippen LogP contribution in [-0.2, 0) is 0 Å². The molecule has 1 aliphatic carbocycles. The van der Waals surface area contributed by atoms with Crippen LogP contribution < -0.4 is 10.6 Å². The van der Waals surface area contributed by atoms with E-state index >= 15 is 0 Å². The van der Waals surface area contributed by atoms with Gasteiger partial charge in [-0.15, -0.1) is 0 Å². The molecule has 0 aliphatic heterocycles. The number of aromatic nitrogens is 2. The van der Waals surface area contributed by atoms with Crippen molar-refractivity contribution in [2.75, 3.05) is 5.32 Å². The fourth-order valence-electron chi connectivity index (χ4n) is 3.91. The number of hydrogen-bond donors (Lipinski definition) is 2. The molecule has 1 aliphatic rings. The predicted molar refractivity (Wildman–Crippen MR) is 122 cm³/mol. The predicted octanol–water partition coefficient (Wildman–Crippen LogP) is 5.40. The minimum atomic E-state index is -0.136. The summed E-state index contributed by atoms with van der Waals surface area (Å²) >= 11 is 0. The smallest absolute Gasteiger partial charge is 0.255 e. The number of amides is 1. The van der Waals surface area contributed by atoms with Gasteiger partial charge < -0.3 is 10.6 Å². The minimum absolute atomic E-state index is 0.0141. The summed E-state index contributed by atoms with van der Waals surface area (Å²) in [5.74, 6) is 0.890. The zero-order valence-electron chi connectivity index (χ0n) is 17.5. The average Bonchev–Trinajstić information content (AvgIpc) is 2.74. The number of hydrogen-bond acceptors (Lipinski definition) is 4. The summed E-state index contributed by atoms with van der Waals surface area (Å²) in [5, 5.41) is 8.56. The molecule has 2 N–H and O–H groups in total. The van der Waals surface area contributed by atoms with Gasteiger partial charge in [-0.1, -0.05) is 32.1 Å². The number of carbonyl (C=O) groups is 1. The van der Waals surface area contributed by atoms with E-state index in [1.165, 1.54) is 11.1 Å². The van der Waals surface area contributed by atoms with Crippen LogP contribution in [0.3, 0.4) is 0 Å². The molecular formula is C25H26N4O. The fourth-order valence-corrected chi connectivity index (χ4v) is 3.91. The van der Waals surface area contributed by atoms with Gasteiger partial charge in [-0.05, 0) is 66.1 Å². The number of benzene rings is 1. The monoisotopic (exact) mass is 398 g/mol. The number of nitrogens with one attached hydrogen (secondary N) is 2. The Hall–Kier alpha value is -3.47. The van der Waals surface area contributed by atoms with Crippen molar-refractivity contribution in [2.24, 2.45) is 5.92 Å². The second-order valence-corrected chi connectivity index (χ2v) is 7.94. The van der Waals surface area contributed by atoms with Crippen molar-refractivity contribution in [3.63, 3.8) is 0 Å². The quantitative estimate of drug-likeness (QED) is 0.603. The van der Waals surface area contributed by atoms with E-state index in [1.807, 2.05) is 30.5 Å². The van der Waals surface area contributed by atoms with E-state index in [9.17, 15) is 4.79 Å². The molecule has 4 rings (SSSR count). The average molecular weight is 399 g/mol. The normalized spacial score (nSPS) is 16.2. The SMILES string of the molecule is CC1=CC(NC(=O)c2cccnc2Nc2ccc3ccncc3c2)CC=C1C(C)C. The largest absolute Gasteiger partial charge is 0.345 e. The third kappa shape index (κ3) is 4.25. The first kappa shape index (κ1) is 19.8. The molecule has 30 heavy (non-hydrogen) atoms. The highest BCUT2D eigenvalue weighted by atomic mass is 16.1. The van der Waals surface area contributed by atoms with Crippen molar-refractivity contribution in [3.8, 4) is 0 Å². The van der Waals surface area contributed by atoms with Gasteiger partial charge >= 0.3 is 0 Å². The van der Waals surface area contributed by atoms with E-state index in [2.05, 4.69) is 53.5 Å². The highest BCUT2D eigenvalue weighted by Gasteiger charge is 2.19. The fraction of sp³-hybridized carbons (Fsp3) is 0.240. The Labute approximate surface area is 177 Å². The van der Waals surface area contributed by atoms with Crippen LogP contribution in [0.1, 0.15) is 37.6 Å². The Balaban J connectivity index is 1.52. The molecule has 0 radical (unpaired) electrons. The Bertz CT molecular complexity index is 1150. The Morgan fingerprint density at radius 1 is 1.13 bits per heavy atom. The third-order valence-electron chi connectivity index (χ3n) is 5.39. The molecule has 5 heteroatoms. The van der Waals surface area contributed by atoms with Crippen LogP contribution >= 0.6 is 0 Å². The van der Waals surface area contributed by atoms with Gasteiger partial charge in [0, 0.05) is 29.7 Å². The van der Waals surface area contributed by atoms with E-state index < -0.39 is 0 Å². The summed E-state index contributed by atoms with van der Waals surface area (Å²) in [7, 11) is 0. The van der Waals surface area contributed by atoms with Crippen molar-refractivity contribution in [1.29, 1.82) is 0 Å². The van der Waals surface area contributed by atoms with Crippen LogP contribution in [0.4, 0.5) is 11.5 Å². The highest BCUT2D eigenvalue weighted by Crippen LogP contribution is 2.26. The van der Waals surface area contributed by atoms with Crippen molar-refractivity contribution in [3.05, 3.63) is 83.9 Å². The van der Waals surface area contributed by atoms with E-state index in [0.717, 1.165) is 22.9 Å². The van der Waals surface area contributed by atoms with Gasteiger partial charge in [0.1, 0.15) is 5.82 Å². The van der Waals surface area contributed by atoms with Crippen molar-refractivity contribution < 1.29 is 4.79 Å². The molecule has 152 valence electrons. The molecule has 5 nitrogen and oxygen atoms in total. The summed E-state index contributed by atoms with van der Waals surface area (Å²) in [5.41, 5.74) is 3.97. The third-order valence-corrected chi connectivity index (χ3v) is 5.39. The molecule has 0 fully saturated rings. The maximum atomic E-state index is 13.0. The van der Waals surface area contributed by atoms with Crippen LogP contribution in [-0.4, -0.2) is 21.9 Å². The number of fused-ring (bicyclic) bond motifs is 1. The molecule has 0 bridgehead atoms. The van der Waals surface area contributed by atoms with Gasteiger partial charge in [-0.3, -0.25) is 9.78 Å². The van der Waals surface area contributed by atoms with Crippen molar-refractivity contribution in [2.45, 2.75) is 33.2 Å². The lowest BCUT2D eigenvalue weighted by atomic mass is 9.89. The maximum absolute atomic E-state index is 13.0. The molecule has 0 saturated heterocycles. The second-order valence-electron chi connectivity index (χ2n) is 7.94. The molecule has 2 aromatic heterocycles. The zero-order valence-corrected chi connectivity index (χ0v) is 17.5. The highest BCUT2D eigenvalue weighted by molar-refractivity contribution is 6.00. The summed E-state index contributed by atoms with van der Waals surface area (Å²) in [6.07, 6.45) is 10.5. The number of carbonyl (C=O) groups excluding carboxylic acids is 1. The van der Waals surface area contributed by atoms with Crippen LogP contribution in [0.5, 0.6) is 0 Å². The van der Waals surface area contributed by atoms with E-state index in [1.54, 1.807) is 24.5 Å². The summed E-state index contributed by atoms with van der Waals surface area (Å²) in [6, 6.07) is 11.5. The lowest BCUT2D eigenvalue weighted by molar-refractivity contribution is 0.0945. The standard InChI is InChI=1S/C25H26N4O/c1-16(2)22-9-8-20(13-17(22)3)29-25(30)23-5-4-11-27-24(23)28-21-7-6-18-10-12-26-15-19(18)14-21/h4-7,9-16,20H,8H2,1-3H3,(H,27,28)(H,29,30). The van der Waals surface area contributed by atoms with Crippen LogP contribution in [0.25, 0.3) is 10.8 Å². The van der Waals surface area contributed by atoms with Crippen LogP contribution in [0.2, 0.25) is 0 Å². The number of pyridine rings is 2. The van der Waals surface area contributed by atoms with Gasteiger partial charge in [0.15, 0.2) is 0 Å². The van der Waals surface area contributed by atoms with Gasteiger partial charge in [0.25, 0.3) is 5.91 Å². The molecule has 0 spiro atoms. The molecule has 2 heterocycles. The van der Waals surface area contributed by atoms with Crippen LogP contribution in [0, 0.1) is 5.92 Å². The lowest BCUT2D eigenvalue weighted by Gasteiger charge is -2.23. The molecule has 1 unspecified atom stereocenters. The molecular weight excluding hydrogens is 372 g/mol. The first-order valence-electron chi connectivity index (χ1n) is 10.3. The maximum Gasteiger partial charge on any atom is 0.255 e. The van der Waals surface area contributed by atoms with Gasteiger partial charge in [-0.2, -0.15) is 0 Å². The Morgan fingerprint density at radius 2 is 2.00 bits per heavy atom. The molecule has 1 aromatic carbocycles. The number of anilines is 2. The van der Waals surface area contributed by atoms with Crippen LogP contribution in [0.15, 0.2) is 78.3 Å². The minimum Gasteiger partial charge on any atom is -0.345 e. The topological polar surface area (TPSA) is 66.9 Å². The van der Waals surface area contributed by atoms with E-state index in [4.69, 9.17) is 0 Å².